The van der Waals surface area contributed by atoms with Gasteiger partial charge in [0.25, 0.3) is 0 Å². The van der Waals surface area contributed by atoms with Crippen molar-refractivity contribution in [2.75, 3.05) is 0 Å². The molecule has 2 N–H and O–H groups in total. The van der Waals surface area contributed by atoms with Gasteiger partial charge in [0, 0.05) is 18.3 Å². The molecule has 0 spiro atoms. The fraction of sp³-hybridized carbons (Fsp3) is 0.400. The van der Waals surface area contributed by atoms with Crippen molar-refractivity contribution in [1.82, 2.24) is 4.98 Å². The lowest BCUT2D eigenvalue weighted by atomic mass is 9.93. The summed E-state index contributed by atoms with van der Waals surface area (Å²) < 4.78 is 0. The van der Waals surface area contributed by atoms with Crippen molar-refractivity contribution in [3.05, 3.63) is 29.1 Å². The van der Waals surface area contributed by atoms with E-state index in [-0.39, 0.29) is 11.7 Å². The minimum Gasteiger partial charge on any atom is -0.478 e. The van der Waals surface area contributed by atoms with Crippen LogP contribution in [0.1, 0.15) is 28.0 Å². The van der Waals surface area contributed by atoms with Crippen LogP contribution in [0.15, 0.2) is 12.3 Å². The highest BCUT2D eigenvalue weighted by Gasteiger charge is 2.18. The molecule has 0 radical (unpaired) electrons. The lowest BCUT2D eigenvalue weighted by Gasteiger charge is -2.19. The quantitative estimate of drug-likeness (QED) is 0.686. The summed E-state index contributed by atoms with van der Waals surface area (Å²) in [6, 6.07) is 1.60. The summed E-state index contributed by atoms with van der Waals surface area (Å²) in [5.41, 5.74) is 1.97. The Balaban J connectivity index is 2.37. The van der Waals surface area contributed by atoms with Crippen molar-refractivity contribution in [3.8, 4) is 0 Å². The second kappa shape index (κ2) is 3.38. The Labute approximate surface area is 81.2 Å². The van der Waals surface area contributed by atoms with Gasteiger partial charge in [-0.2, -0.15) is 0 Å². The van der Waals surface area contributed by atoms with Gasteiger partial charge in [0.2, 0.25) is 0 Å². The van der Waals surface area contributed by atoms with E-state index in [1.54, 1.807) is 6.07 Å². The number of carboxylic acids is 1. The molecular formula is C10H11NO3. The predicted octanol–water partition coefficient (Wildman–Crippen LogP) is 0.629. The van der Waals surface area contributed by atoms with Crippen molar-refractivity contribution < 1.29 is 15.0 Å². The minimum atomic E-state index is -0.972. The van der Waals surface area contributed by atoms with Gasteiger partial charge in [0.15, 0.2) is 0 Å². The third-order valence-electron chi connectivity index (χ3n) is 2.48. The Kier molecular flexibility index (Phi) is 2.21. The lowest BCUT2D eigenvalue weighted by Crippen LogP contribution is -2.20. The number of hydrogen-bond acceptors (Lipinski definition) is 3. The Morgan fingerprint density at radius 2 is 2.36 bits per heavy atom. The Bertz CT molecular complexity index is 376. The van der Waals surface area contributed by atoms with E-state index in [2.05, 4.69) is 4.98 Å². The van der Waals surface area contributed by atoms with Crippen LogP contribution in [0.2, 0.25) is 0 Å². The van der Waals surface area contributed by atoms with Crippen molar-refractivity contribution in [2.24, 2.45) is 0 Å². The highest BCUT2D eigenvalue weighted by molar-refractivity contribution is 5.87. The number of carbonyl (C=O) groups is 1. The Morgan fingerprint density at radius 3 is 3.07 bits per heavy atom. The van der Waals surface area contributed by atoms with Crippen molar-refractivity contribution in [3.63, 3.8) is 0 Å². The number of aromatic carboxylic acids is 1. The lowest BCUT2D eigenvalue weighted by molar-refractivity contribution is 0.0695. The van der Waals surface area contributed by atoms with E-state index in [0.717, 1.165) is 17.7 Å². The summed E-state index contributed by atoms with van der Waals surface area (Å²) in [6.45, 7) is 0. The zero-order valence-corrected chi connectivity index (χ0v) is 7.60. The van der Waals surface area contributed by atoms with Gasteiger partial charge in [-0.1, -0.05) is 0 Å². The summed E-state index contributed by atoms with van der Waals surface area (Å²) in [5, 5.41) is 18.2. The Hall–Kier alpha value is -1.42. The first-order valence-electron chi connectivity index (χ1n) is 4.56. The molecule has 0 saturated heterocycles. The predicted molar refractivity (Wildman–Crippen MR) is 49.2 cm³/mol. The molecule has 1 atom stereocenters. The van der Waals surface area contributed by atoms with Gasteiger partial charge in [-0.3, -0.25) is 4.98 Å². The maximum absolute atomic E-state index is 10.7. The van der Waals surface area contributed by atoms with E-state index in [0.29, 0.717) is 12.8 Å². The number of pyridine rings is 1. The van der Waals surface area contributed by atoms with Crippen LogP contribution in [0.4, 0.5) is 0 Å². The smallest absolute Gasteiger partial charge is 0.337 e. The summed E-state index contributed by atoms with van der Waals surface area (Å²) in [6.07, 6.45) is 2.99. The monoisotopic (exact) mass is 193 g/mol. The summed E-state index contributed by atoms with van der Waals surface area (Å²) in [7, 11) is 0. The van der Waals surface area contributed by atoms with Crippen LogP contribution < -0.4 is 0 Å². The molecule has 0 aliphatic heterocycles. The number of nitrogens with zero attached hydrogens (tertiary/aromatic N) is 1. The van der Waals surface area contributed by atoms with Crippen LogP contribution in [0.25, 0.3) is 0 Å². The number of carboxylic acid groups (broad SMARTS) is 1. The summed E-state index contributed by atoms with van der Waals surface area (Å²) >= 11 is 0. The van der Waals surface area contributed by atoms with Crippen LogP contribution in [0.5, 0.6) is 0 Å². The molecule has 0 amide bonds. The average Bonchev–Trinajstić information content (AvgIpc) is 2.16. The van der Waals surface area contributed by atoms with Crippen LogP contribution in [-0.2, 0) is 12.8 Å². The SMILES string of the molecule is O=C(O)c1cnc2c(c1)CC(O)CC2. The average molecular weight is 193 g/mol. The molecule has 14 heavy (non-hydrogen) atoms. The molecule has 0 aromatic carbocycles. The molecule has 1 aliphatic rings. The minimum absolute atomic E-state index is 0.192. The molecule has 0 bridgehead atoms. The van der Waals surface area contributed by atoms with Crippen LogP contribution in [0, 0.1) is 0 Å². The first-order chi connectivity index (χ1) is 6.66. The number of aliphatic hydroxyl groups is 1. The number of hydrogen-bond donors (Lipinski definition) is 2. The number of fused-ring (bicyclic) bond motifs is 1. The fourth-order valence-corrected chi connectivity index (χ4v) is 1.72. The molecule has 74 valence electrons. The second-order valence-corrected chi connectivity index (χ2v) is 3.53. The van der Waals surface area contributed by atoms with Crippen molar-refractivity contribution in [1.29, 1.82) is 0 Å². The largest absolute Gasteiger partial charge is 0.478 e. The van der Waals surface area contributed by atoms with Gasteiger partial charge in [-0.25, -0.2) is 4.79 Å². The summed E-state index contributed by atoms with van der Waals surface area (Å²) in [5.74, 6) is -0.972. The number of aliphatic hydroxyl groups excluding tert-OH is 1. The van der Waals surface area contributed by atoms with E-state index in [1.807, 2.05) is 0 Å². The molecule has 1 unspecified atom stereocenters. The van der Waals surface area contributed by atoms with Gasteiger partial charge < -0.3 is 10.2 Å². The third kappa shape index (κ3) is 1.61. The van der Waals surface area contributed by atoms with E-state index in [1.165, 1.54) is 6.20 Å². The summed E-state index contributed by atoms with van der Waals surface area (Å²) in [4.78, 5) is 14.7. The normalized spacial score (nSPS) is 20.2. The molecule has 1 aliphatic carbocycles. The van der Waals surface area contributed by atoms with E-state index < -0.39 is 5.97 Å². The first kappa shape index (κ1) is 9.15. The van der Waals surface area contributed by atoms with Crippen LogP contribution >= 0.6 is 0 Å². The first-order valence-corrected chi connectivity index (χ1v) is 4.56. The second-order valence-electron chi connectivity index (χ2n) is 3.53. The van der Waals surface area contributed by atoms with E-state index in [9.17, 15) is 9.90 Å². The van der Waals surface area contributed by atoms with Crippen molar-refractivity contribution >= 4 is 5.97 Å². The third-order valence-corrected chi connectivity index (χ3v) is 2.48. The standard InChI is InChI=1S/C10H11NO3/c12-8-1-2-9-6(4-8)3-7(5-11-9)10(13)14/h3,5,8,12H,1-2,4H2,(H,13,14). The molecule has 2 rings (SSSR count). The van der Waals surface area contributed by atoms with E-state index in [4.69, 9.17) is 5.11 Å². The highest BCUT2D eigenvalue weighted by atomic mass is 16.4. The van der Waals surface area contributed by atoms with Gasteiger partial charge >= 0.3 is 5.97 Å². The number of aryl methyl sites for hydroxylation is 1. The van der Waals surface area contributed by atoms with Gasteiger partial charge in [0.05, 0.1) is 11.7 Å². The molecule has 4 heteroatoms. The zero-order valence-electron chi connectivity index (χ0n) is 7.60. The molecule has 4 nitrogen and oxygen atoms in total. The topological polar surface area (TPSA) is 70.4 Å². The fourth-order valence-electron chi connectivity index (χ4n) is 1.72. The molecule has 0 saturated carbocycles. The van der Waals surface area contributed by atoms with Gasteiger partial charge in [0.1, 0.15) is 0 Å². The number of aromatic nitrogens is 1. The van der Waals surface area contributed by atoms with Gasteiger partial charge in [-0.15, -0.1) is 0 Å². The van der Waals surface area contributed by atoms with Crippen molar-refractivity contribution in [2.45, 2.75) is 25.4 Å². The highest BCUT2D eigenvalue weighted by Crippen LogP contribution is 2.20. The zero-order chi connectivity index (χ0) is 10.1. The van der Waals surface area contributed by atoms with Crippen LogP contribution in [0.3, 0.4) is 0 Å². The Morgan fingerprint density at radius 1 is 1.57 bits per heavy atom. The molecule has 1 heterocycles. The molecule has 1 aromatic rings. The van der Waals surface area contributed by atoms with Crippen LogP contribution in [-0.4, -0.2) is 27.3 Å². The molecular weight excluding hydrogens is 182 g/mol. The number of rotatable bonds is 1. The van der Waals surface area contributed by atoms with E-state index >= 15 is 0 Å². The molecule has 0 fully saturated rings. The molecule has 1 aromatic heterocycles. The van der Waals surface area contributed by atoms with Gasteiger partial charge in [-0.05, 0) is 24.5 Å². The maximum atomic E-state index is 10.7. The maximum Gasteiger partial charge on any atom is 0.337 e.